The topological polar surface area (TPSA) is 74.3 Å². The number of benzene rings is 1. The SMILES string of the molecule is CC(=O)N[C@H]1CC[C@@H](C(=O)N(C)[C@@H](c2ccc(N[C@@H]3Cc4ccccc4C3(C)C)cn2)C(F)(F)F)C1. The highest BCUT2D eigenvalue weighted by Gasteiger charge is 2.48. The molecule has 2 aliphatic carbocycles. The Kier molecular flexibility index (Phi) is 7.03. The van der Waals surface area contributed by atoms with Gasteiger partial charge in [0.2, 0.25) is 11.8 Å². The molecule has 4 rings (SSSR count). The van der Waals surface area contributed by atoms with Crippen LogP contribution in [0.25, 0.3) is 0 Å². The molecule has 2 N–H and O–H groups in total. The Morgan fingerprint density at radius 1 is 1.14 bits per heavy atom. The number of fused-ring (bicyclic) bond motifs is 1. The highest BCUT2D eigenvalue weighted by atomic mass is 19.4. The monoisotopic (exact) mass is 502 g/mol. The number of hydrogen-bond donors (Lipinski definition) is 2. The predicted molar refractivity (Wildman–Crippen MR) is 131 cm³/mol. The van der Waals surface area contributed by atoms with E-state index in [1.165, 1.54) is 37.4 Å². The van der Waals surface area contributed by atoms with Gasteiger partial charge in [0.25, 0.3) is 0 Å². The second kappa shape index (κ2) is 9.75. The molecule has 2 amide bonds. The molecule has 1 fully saturated rings. The molecule has 4 atom stereocenters. The zero-order valence-corrected chi connectivity index (χ0v) is 21.0. The third-order valence-electron chi connectivity index (χ3n) is 7.65. The summed E-state index contributed by atoms with van der Waals surface area (Å²) in [5.41, 5.74) is 2.78. The van der Waals surface area contributed by atoms with Gasteiger partial charge in [0.15, 0.2) is 6.04 Å². The summed E-state index contributed by atoms with van der Waals surface area (Å²) in [6.45, 7) is 5.69. The minimum atomic E-state index is -4.68. The number of nitrogens with one attached hydrogen (secondary N) is 2. The first kappa shape index (κ1) is 26.0. The van der Waals surface area contributed by atoms with Gasteiger partial charge < -0.3 is 15.5 Å². The van der Waals surface area contributed by atoms with Gasteiger partial charge in [0.1, 0.15) is 0 Å². The number of pyridine rings is 1. The van der Waals surface area contributed by atoms with Gasteiger partial charge in [-0.2, -0.15) is 13.2 Å². The van der Waals surface area contributed by atoms with Crippen molar-refractivity contribution in [2.45, 2.75) is 76.2 Å². The molecular formula is C27H33F3N4O2. The summed E-state index contributed by atoms with van der Waals surface area (Å²) < 4.78 is 42.4. The van der Waals surface area contributed by atoms with Crippen LogP contribution in [-0.4, -0.2) is 47.0 Å². The van der Waals surface area contributed by atoms with Gasteiger partial charge in [0, 0.05) is 37.4 Å². The second-order valence-electron chi connectivity index (χ2n) is 10.6. The molecule has 2 aliphatic rings. The van der Waals surface area contributed by atoms with E-state index in [1.54, 1.807) is 6.07 Å². The average Bonchev–Trinajstić information content (AvgIpc) is 3.35. The number of halogens is 3. The maximum atomic E-state index is 14.1. The molecule has 0 radical (unpaired) electrons. The molecule has 0 spiro atoms. The summed E-state index contributed by atoms with van der Waals surface area (Å²) in [4.78, 5) is 29.2. The lowest BCUT2D eigenvalue weighted by Gasteiger charge is -2.32. The van der Waals surface area contributed by atoms with Crippen molar-refractivity contribution in [3.8, 4) is 0 Å². The summed E-state index contributed by atoms with van der Waals surface area (Å²) in [5, 5.41) is 6.19. The molecule has 2 aromatic rings. The largest absolute Gasteiger partial charge is 0.414 e. The highest BCUT2D eigenvalue weighted by molar-refractivity contribution is 5.80. The van der Waals surface area contributed by atoms with Gasteiger partial charge in [-0.15, -0.1) is 0 Å². The first-order chi connectivity index (χ1) is 16.9. The van der Waals surface area contributed by atoms with Gasteiger partial charge in [-0.3, -0.25) is 14.6 Å². The van der Waals surface area contributed by atoms with E-state index < -0.39 is 24.0 Å². The number of amides is 2. The van der Waals surface area contributed by atoms with Gasteiger partial charge >= 0.3 is 6.18 Å². The zero-order valence-electron chi connectivity index (χ0n) is 21.0. The van der Waals surface area contributed by atoms with E-state index in [0.717, 1.165) is 11.3 Å². The quantitative estimate of drug-likeness (QED) is 0.597. The molecule has 0 bridgehead atoms. The van der Waals surface area contributed by atoms with Crippen molar-refractivity contribution >= 4 is 17.5 Å². The lowest BCUT2D eigenvalue weighted by Crippen LogP contribution is -2.43. The van der Waals surface area contributed by atoms with Crippen LogP contribution in [0.15, 0.2) is 42.6 Å². The summed E-state index contributed by atoms with van der Waals surface area (Å²) in [6.07, 6.45) is -1.11. The van der Waals surface area contributed by atoms with Crippen molar-refractivity contribution in [1.82, 2.24) is 15.2 Å². The lowest BCUT2D eigenvalue weighted by molar-refractivity contribution is -0.191. The molecule has 1 heterocycles. The fraction of sp³-hybridized carbons (Fsp3) is 0.519. The van der Waals surface area contributed by atoms with Crippen LogP contribution in [0.5, 0.6) is 0 Å². The number of anilines is 1. The van der Waals surface area contributed by atoms with Crippen LogP contribution >= 0.6 is 0 Å². The maximum absolute atomic E-state index is 14.1. The molecule has 9 heteroatoms. The summed E-state index contributed by atoms with van der Waals surface area (Å²) in [7, 11) is 1.18. The van der Waals surface area contributed by atoms with E-state index in [0.29, 0.717) is 24.9 Å². The number of carbonyl (C=O) groups is 2. The van der Waals surface area contributed by atoms with Crippen molar-refractivity contribution in [3.63, 3.8) is 0 Å². The molecule has 0 unspecified atom stereocenters. The van der Waals surface area contributed by atoms with Gasteiger partial charge in [-0.1, -0.05) is 38.1 Å². The number of carbonyl (C=O) groups excluding carboxylic acids is 2. The Morgan fingerprint density at radius 3 is 2.47 bits per heavy atom. The Bertz CT molecular complexity index is 1120. The fourth-order valence-electron chi connectivity index (χ4n) is 5.70. The molecule has 0 aliphatic heterocycles. The van der Waals surface area contributed by atoms with Crippen molar-refractivity contribution in [1.29, 1.82) is 0 Å². The number of aromatic nitrogens is 1. The van der Waals surface area contributed by atoms with Crippen LogP contribution < -0.4 is 10.6 Å². The Hall–Kier alpha value is -3.10. The van der Waals surface area contributed by atoms with E-state index in [4.69, 9.17) is 0 Å². The Balaban J connectivity index is 1.48. The minimum absolute atomic E-state index is 0.0733. The van der Waals surface area contributed by atoms with E-state index in [-0.39, 0.29) is 29.1 Å². The van der Waals surface area contributed by atoms with Crippen LogP contribution in [0.2, 0.25) is 0 Å². The van der Waals surface area contributed by atoms with E-state index in [2.05, 4.69) is 41.6 Å². The molecular weight excluding hydrogens is 469 g/mol. The van der Waals surface area contributed by atoms with Crippen LogP contribution in [0.4, 0.5) is 18.9 Å². The zero-order chi connectivity index (χ0) is 26.3. The standard InChI is InChI=1S/C27H33F3N4O2/c1-16(35)32-19-10-9-18(13-19)25(36)34(4)24(27(28,29)30)22-12-11-20(15-31-22)33-23-14-17-7-5-6-8-21(17)26(23,2)3/h5-8,11-12,15,18-19,23-24,33H,9-10,13-14H2,1-4H3,(H,32,35)/t18-,19+,23-,24+/m1/s1. The number of hydrogen-bond acceptors (Lipinski definition) is 4. The summed E-state index contributed by atoms with van der Waals surface area (Å²) in [5.74, 6) is -1.36. The maximum Gasteiger partial charge on any atom is 0.414 e. The number of alkyl halides is 3. The molecule has 1 saturated carbocycles. The molecule has 36 heavy (non-hydrogen) atoms. The van der Waals surface area contributed by atoms with Crippen molar-refractivity contribution in [2.24, 2.45) is 5.92 Å². The smallest absolute Gasteiger partial charge is 0.380 e. The molecule has 194 valence electrons. The normalized spacial score (nSPS) is 23.6. The average molecular weight is 503 g/mol. The van der Waals surface area contributed by atoms with Crippen LogP contribution in [-0.2, 0) is 21.4 Å². The molecule has 0 saturated heterocycles. The van der Waals surface area contributed by atoms with E-state index >= 15 is 0 Å². The van der Waals surface area contributed by atoms with Gasteiger partial charge in [-0.05, 0) is 48.9 Å². The van der Waals surface area contributed by atoms with Crippen molar-refractivity contribution < 1.29 is 22.8 Å². The fourth-order valence-corrected chi connectivity index (χ4v) is 5.70. The summed E-state index contributed by atoms with van der Waals surface area (Å²) >= 11 is 0. The van der Waals surface area contributed by atoms with Crippen LogP contribution in [0, 0.1) is 5.92 Å². The predicted octanol–water partition coefficient (Wildman–Crippen LogP) is 4.76. The van der Waals surface area contributed by atoms with Crippen LogP contribution in [0.1, 0.15) is 62.9 Å². The van der Waals surface area contributed by atoms with Gasteiger partial charge in [0.05, 0.1) is 17.6 Å². The second-order valence-corrected chi connectivity index (χ2v) is 10.6. The summed E-state index contributed by atoms with van der Waals surface area (Å²) in [6, 6.07) is 8.91. The number of rotatable bonds is 6. The first-order valence-electron chi connectivity index (χ1n) is 12.3. The third kappa shape index (κ3) is 5.20. The third-order valence-corrected chi connectivity index (χ3v) is 7.65. The number of nitrogens with zero attached hydrogens (tertiary/aromatic N) is 2. The lowest BCUT2D eigenvalue weighted by atomic mass is 9.83. The van der Waals surface area contributed by atoms with E-state index in [1.807, 2.05) is 12.1 Å². The van der Waals surface area contributed by atoms with Gasteiger partial charge in [-0.25, -0.2) is 0 Å². The molecule has 1 aromatic heterocycles. The van der Waals surface area contributed by atoms with E-state index in [9.17, 15) is 22.8 Å². The highest BCUT2D eigenvalue weighted by Crippen LogP contribution is 2.41. The minimum Gasteiger partial charge on any atom is -0.380 e. The molecule has 6 nitrogen and oxygen atoms in total. The first-order valence-corrected chi connectivity index (χ1v) is 12.3. The van der Waals surface area contributed by atoms with Crippen molar-refractivity contribution in [2.75, 3.05) is 12.4 Å². The van der Waals surface area contributed by atoms with Crippen LogP contribution in [0.3, 0.4) is 0 Å². The Labute approximate surface area is 209 Å². The molecule has 1 aromatic carbocycles. The Morgan fingerprint density at radius 2 is 1.86 bits per heavy atom. The van der Waals surface area contributed by atoms with Crippen molar-refractivity contribution in [3.05, 3.63) is 59.4 Å².